The number of halogens is 1. The molecular formula is C16H23ClO. The lowest BCUT2D eigenvalue weighted by Crippen LogP contribution is -2.20. The van der Waals surface area contributed by atoms with Crippen molar-refractivity contribution in [2.24, 2.45) is 11.8 Å². The van der Waals surface area contributed by atoms with Gasteiger partial charge in [-0.15, -0.1) is 0 Å². The van der Waals surface area contributed by atoms with Gasteiger partial charge in [-0.25, -0.2) is 0 Å². The first kappa shape index (κ1) is 13.9. The molecule has 0 amide bonds. The molecule has 0 bridgehead atoms. The van der Waals surface area contributed by atoms with Gasteiger partial charge >= 0.3 is 0 Å². The van der Waals surface area contributed by atoms with E-state index in [2.05, 4.69) is 6.92 Å². The summed E-state index contributed by atoms with van der Waals surface area (Å²) >= 11 is 5.98. The second kappa shape index (κ2) is 6.58. The Bertz CT molecular complexity index is 369. The van der Waals surface area contributed by atoms with Crippen LogP contribution in [0.25, 0.3) is 0 Å². The summed E-state index contributed by atoms with van der Waals surface area (Å²) in [5.41, 5.74) is 0.974. The van der Waals surface area contributed by atoms with Crippen LogP contribution >= 0.6 is 11.6 Å². The highest BCUT2D eigenvalue weighted by atomic mass is 35.5. The van der Waals surface area contributed by atoms with Crippen LogP contribution in [0.5, 0.6) is 0 Å². The molecule has 1 fully saturated rings. The van der Waals surface area contributed by atoms with Gasteiger partial charge in [0, 0.05) is 5.02 Å². The van der Waals surface area contributed by atoms with E-state index in [0.29, 0.717) is 10.9 Å². The third kappa shape index (κ3) is 3.49. The van der Waals surface area contributed by atoms with Gasteiger partial charge in [0.25, 0.3) is 0 Å². The topological polar surface area (TPSA) is 20.2 Å². The van der Waals surface area contributed by atoms with Crippen LogP contribution in [0.4, 0.5) is 0 Å². The van der Waals surface area contributed by atoms with Crippen LogP contribution in [0, 0.1) is 11.8 Å². The molecule has 0 radical (unpaired) electrons. The average Bonchev–Trinajstić information content (AvgIpc) is 2.39. The van der Waals surface area contributed by atoms with Crippen molar-refractivity contribution in [3.05, 3.63) is 34.9 Å². The summed E-state index contributed by atoms with van der Waals surface area (Å²) in [6.45, 7) is 2.26. The van der Waals surface area contributed by atoms with Gasteiger partial charge in [-0.05, 0) is 42.4 Å². The Hall–Kier alpha value is -0.530. The number of aliphatic hydroxyl groups is 1. The fourth-order valence-electron chi connectivity index (χ4n) is 3.16. The van der Waals surface area contributed by atoms with Gasteiger partial charge in [0.15, 0.2) is 0 Å². The van der Waals surface area contributed by atoms with Gasteiger partial charge in [0.05, 0.1) is 6.10 Å². The Labute approximate surface area is 115 Å². The van der Waals surface area contributed by atoms with Crippen molar-refractivity contribution < 1.29 is 5.11 Å². The summed E-state index contributed by atoms with van der Waals surface area (Å²) in [5, 5.41) is 11.1. The quantitative estimate of drug-likeness (QED) is 0.815. The molecule has 1 aromatic rings. The highest BCUT2D eigenvalue weighted by Gasteiger charge is 2.26. The molecule has 1 N–H and O–H groups in total. The summed E-state index contributed by atoms with van der Waals surface area (Å²) in [5.74, 6) is 1.30. The van der Waals surface area contributed by atoms with E-state index in [9.17, 15) is 5.11 Å². The molecule has 1 aromatic carbocycles. The maximum Gasteiger partial charge on any atom is 0.0818 e. The minimum Gasteiger partial charge on any atom is -0.388 e. The van der Waals surface area contributed by atoms with Gasteiger partial charge in [-0.3, -0.25) is 0 Å². The van der Waals surface area contributed by atoms with Gasteiger partial charge in [-0.2, -0.15) is 0 Å². The van der Waals surface area contributed by atoms with Gasteiger partial charge < -0.3 is 5.11 Å². The van der Waals surface area contributed by atoms with Crippen molar-refractivity contribution in [1.82, 2.24) is 0 Å². The van der Waals surface area contributed by atoms with Crippen LogP contribution in [0.3, 0.4) is 0 Å². The molecule has 1 saturated carbocycles. The van der Waals surface area contributed by atoms with Crippen molar-refractivity contribution in [2.75, 3.05) is 0 Å². The molecule has 1 aliphatic rings. The first-order valence-corrected chi connectivity index (χ1v) is 7.52. The van der Waals surface area contributed by atoms with Crippen molar-refractivity contribution >= 4 is 11.6 Å². The van der Waals surface area contributed by atoms with E-state index in [1.807, 2.05) is 24.3 Å². The molecule has 18 heavy (non-hydrogen) atoms. The summed E-state index contributed by atoms with van der Waals surface area (Å²) in [7, 11) is 0. The molecule has 0 saturated heterocycles. The van der Waals surface area contributed by atoms with Gasteiger partial charge in [0.1, 0.15) is 0 Å². The van der Waals surface area contributed by atoms with Crippen molar-refractivity contribution in [3.8, 4) is 0 Å². The zero-order valence-electron chi connectivity index (χ0n) is 11.1. The number of hydrogen-bond donors (Lipinski definition) is 1. The summed E-state index contributed by atoms with van der Waals surface area (Å²) in [6, 6.07) is 7.65. The number of aliphatic hydroxyl groups excluding tert-OH is 1. The van der Waals surface area contributed by atoms with Crippen LogP contribution in [0.2, 0.25) is 5.02 Å². The molecule has 2 heteroatoms. The number of benzene rings is 1. The third-order valence-electron chi connectivity index (χ3n) is 4.23. The molecule has 1 atom stereocenters. The monoisotopic (exact) mass is 266 g/mol. The summed E-state index contributed by atoms with van der Waals surface area (Å²) in [6.07, 6.45) is 7.14. The lowest BCUT2D eigenvalue weighted by Gasteiger charge is -2.31. The average molecular weight is 267 g/mol. The second-order valence-electron chi connectivity index (χ2n) is 5.57. The van der Waals surface area contributed by atoms with Gasteiger partial charge in [0.2, 0.25) is 0 Å². The summed E-state index contributed by atoms with van der Waals surface area (Å²) < 4.78 is 0. The van der Waals surface area contributed by atoms with E-state index in [-0.39, 0.29) is 6.10 Å². The molecule has 1 aliphatic carbocycles. The minimum atomic E-state index is -0.341. The largest absolute Gasteiger partial charge is 0.388 e. The molecule has 0 spiro atoms. The molecular weight excluding hydrogens is 244 g/mol. The normalized spacial score (nSPS) is 25.9. The SMILES string of the molecule is CCCC1CCC(C(O)c2cccc(Cl)c2)CC1. The Balaban J connectivity index is 1.93. The molecule has 100 valence electrons. The number of hydrogen-bond acceptors (Lipinski definition) is 1. The first-order chi connectivity index (χ1) is 8.70. The van der Waals surface area contributed by atoms with E-state index in [0.717, 1.165) is 24.3 Å². The second-order valence-corrected chi connectivity index (χ2v) is 6.01. The molecule has 0 aromatic heterocycles. The van der Waals surface area contributed by atoms with Crippen LogP contribution in [0.15, 0.2) is 24.3 Å². The zero-order valence-corrected chi connectivity index (χ0v) is 11.9. The predicted octanol–water partition coefficient (Wildman–Crippen LogP) is 4.98. The maximum atomic E-state index is 10.4. The van der Waals surface area contributed by atoms with Crippen LogP contribution in [0.1, 0.15) is 57.1 Å². The van der Waals surface area contributed by atoms with Crippen LogP contribution in [-0.4, -0.2) is 5.11 Å². The Kier molecular flexibility index (Phi) is 5.08. The fraction of sp³-hybridized carbons (Fsp3) is 0.625. The highest BCUT2D eigenvalue weighted by Crippen LogP contribution is 2.38. The Morgan fingerprint density at radius 1 is 1.28 bits per heavy atom. The molecule has 1 unspecified atom stereocenters. The molecule has 0 heterocycles. The highest BCUT2D eigenvalue weighted by molar-refractivity contribution is 6.30. The van der Waals surface area contributed by atoms with Gasteiger partial charge in [-0.1, -0.05) is 56.3 Å². The van der Waals surface area contributed by atoms with Crippen molar-refractivity contribution in [3.63, 3.8) is 0 Å². The van der Waals surface area contributed by atoms with E-state index >= 15 is 0 Å². The maximum absolute atomic E-state index is 10.4. The van der Waals surface area contributed by atoms with E-state index in [1.165, 1.54) is 25.7 Å². The fourth-order valence-corrected chi connectivity index (χ4v) is 3.36. The number of rotatable bonds is 4. The standard InChI is InChI=1S/C16H23ClO/c1-2-4-12-7-9-13(10-8-12)16(18)14-5-3-6-15(17)11-14/h3,5-6,11-13,16,18H,2,4,7-10H2,1H3. The Morgan fingerprint density at radius 3 is 2.61 bits per heavy atom. The Morgan fingerprint density at radius 2 is 2.00 bits per heavy atom. The first-order valence-electron chi connectivity index (χ1n) is 7.14. The predicted molar refractivity (Wildman–Crippen MR) is 76.8 cm³/mol. The van der Waals surface area contributed by atoms with Crippen molar-refractivity contribution in [2.45, 2.75) is 51.6 Å². The van der Waals surface area contributed by atoms with Crippen molar-refractivity contribution in [1.29, 1.82) is 0 Å². The van der Waals surface area contributed by atoms with Crippen LogP contribution < -0.4 is 0 Å². The lowest BCUT2D eigenvalue weighted by molar-refractivity contribution is 0.0722. The van der Waals surface area contributed by atoms with E-state index in [4.69, 9.17) is 11.6 Å². The third-order valence-corrected chi connectivity index (χ3v) is 4.46. The lowest BCUT2D eigenvalue weighted by atomic mass is 9.76. The van der Waals surface area contributed by atoms with E-state index < -0.39 is 0 Å². The smallest absolute Gasteiger partial charge is 0.0818 e. The minimum absolute atomic E-state index is 0.341. The van der Waals surface area contributed by atoms with Crippen LogP contribution in [-0.2, 0) is 0 Å². The summed E-state index contributed by atoms with van der Waals surface area (Å²) in [4.78, 5) is 0. The van der Waals surface area contributed by atoms with E-state index in [1.54, 1.807) is 0 Å². The molecule has 1 nitrogen and oxygen atoms in total. The molecule has 2 rings (SSSR count). The zero-order chi connectivity index (χ0) is 13.0. The molecule has 0 aliphatic heterocycles.